The number of aryl methyl sites for hydroxylation is 1. The van der Waals surface area contributed by atoms with Crippen LogP contribution in [-0.4, -0.2) is 42.5 Å². The van der Waals surface area contributed by atoms with E-state index in [1.807, 2.05) is 6.92 Å². The minimum Gasteiger partial charge on any atom is -0.351 e. The molecule has 1 aliphatic heterocycles. The number of carbonyl (C=O) groups excluding carboxylic acids is 1. The topological polar surface area (TPSA) is 48.1 Å². The van der Waals surface area contributed by atoms with Crippen LogP contribution in [0.25, 0.3) is 10.9 Å². The van der Waals surface area contributed by atoms with Crippen LogP contribution < -0.4 is 5.32 Å². The Morgan fingerprint density at radius 2 is 2.30 bits per heavy atom. The molecular formula is C18H24FN3O. The lowest BCUT2D eigenvalue weighted by Crippen LogP contribution is -2.34. The van der Waals surface area contributed by atoms with E-state index in [-0.39, 0.29) is 11.7 Å². The lowest BCUT2D eigenvalue weighted by atomic mass is 9.95. The normalized spacial score (nSPS) is 19.2. The highest BCUT2D eigenvalue weighted by atomic mass is 19.1. The predicted octanol–water partition coefficient (Wildman–Crippen LogP) is 3.08. The van der Waals surface area contributed by atoms with Gasteiger partial charge in [-0.3, -0.25) is 4.79 Å². The predicted molar refractivity (Wildman–Crippen MR) is 90.2 cm³/mol. The molecule has 1 amide bonds. The van der Waals surface area contributed by atoms with Crippen molar-refractivity contribution in [2.24, 2.45) is 5.92 Å². The van der Waals surface area contributed by atoms with Gasteiger partial charge in [0, 0.05) is 24.0 Å². The second kappa shape index (κ2) is 6.71. The molecule has 1 atom stereocenters. The SMILES string of the molecule is Cc1c(C(=O)NCC[C@H]2CCCN(C)C2)[nH]c2ccc(F)cc12. The lowest BCUT2D eigenvalue weighted by Gasteiger charge is -2.29. The van der Waals surface area contributed by atoms with Gasteiger partial charge < -0.3 is 15.2 Å². The average molecular weight is 317 g/mol. The highest BCUT2D eigenvalue weighted by Crippen LogP contribution is 2.23. The third-order valence-corrected chi connectivity index (χ3v) is 4.81. The first kappa shape index (κ1) is 16.0. The van der Waals surface area contributed by atoms with Gasteiger partial charge in [0.25, 0.3) is 5.91 Å². The van der Waals surface area contributed by atoms with Crippen LogP contribution >= 0.6 is 0 Å². The number of benzene rings is 1. The molecule has 0 bridgehead atoms. The summed E-state index contributed by atoms with van der Waals surface area (Å²) in [6.45, 7) is 4.82. The Morgan fingerprint density at radius 1 is 1.48 bits per heavy atom. The minimum atomic E-state index is -0.284. The molecule has 0 spiro atoms. The van der Waals surface area contributed by atoms with E-state index < -0.39 is 0 Å². The minimum absolute atomic E-state index is 0.108. The molecule has 0 radical (unpaired) electrons. The molecule has 0 aliphatic carbocycles. The Bertz CT molecular complexity index is 710. The van der Waals surface area contributed by atoms with Crippen LogP contribution in [0.3, 0.4) is 0 Å². The van der Waals surface area contributed by atoms with Crippen molar-refractivity contribution in [3.8, 4) is 0 Å². The molecule has 1 saturated heterocycles. The Balaban J connectivity index is 1.61. The third kappa shape index (κ3) is 3.55. The van der Waals surface area contributed by atoms with Gasteiger partial charge in [-0.2, -0.15) is 0 Å². The molecule has 4 nitrogen and oxygen atoms in total. The zero-order valence-corrected chi connectivity index (χ0v) is 13.8. The van der Waals surface area contributed by atoms with Gasteiger partial charge in [-0.05, 0) is 69.5 Å². The molecule has 2 aromatic rings. The maximum Gasteiger partial charge on any atom is 0.268 e. The summed E-state index contributed by atoms with van der Waals surface area (Å²) in [6.07, 6.45) is 3.48. The number of hydrogen-bond donors (Lipinski definition) is 2. The number of H-pyrrole nitrogens is 1. The summed E-state index contributed by atoms with van der Waals surface area (Å²) in [7, 11) is 2.15. The number of carbonyl (C=O) groups is 1. The first-order valence-electron chi connectivity index (χ1n) is 8.29. The summed E-state index contributed by atoms with van der Waals surface area (Å²) in [5, 5.41) is 3.76. The highest BCUT2D eigenvalue weighted by molar-refractivity contribution is 6.00. The summed E-state index contributed by atoms with van der Waals surface area (Å²) < 4.78 is 13.3. The van der Waals surface area contributed by atoms with E-state index in [0.717, 1.165) is 29.4 Å². The van der Waals surface area contributed by atoms with Gasteiger partial charge in [0.15, 0.2) is 0 Å². The van der Waals surface area contributed by atoms with Gasteiger partial charge in [-0.15, -0.1) is 0 Å². The molecule has 23 heavy (non-hydrogen) atoms. The average Bonchev–Trinajstić information content (AvgIpc) is 2.84. The van der Waals surface area contributed by atoms with Crippen molar-refractivity contribution in [2.75, 3.05) is 26.7 Å². The molecule has 3 rings (SSSR count). The van der Waals surface area contributed by atoms with Crippen LogP contribution in [0.4, 0.5) is 4.39 Å². The van der Waals surface area contributed by atoms with Crippen molar-refractivity contribution in [3.05, 3.63) is 35.3 Å². The molecule has 0 unspecified atom stereocenters. The summed E-state index contributed by atoms with van der Waals surface area (Å²) >= 11 is 0. The molecule has 5 heteroatoms. The molecule has 2 N–H and O–H groups in total. The summed E-state index contributed by atoms with van der Waals surface area (Å²) in [4.78, 5) is 17.8. The van der Waals surface area contributed by atoms with Crippen molar-refractivity contribution >= 4 is 16.8 Å². The van der Waals surface area contributed by atoms with E-state index in [1.54, 1.807) is 6.07 Å². The maximum absolute atomic E-state index is 13.3. The second-order valence-electron chi connectivity index (χ2n) is 6.63. The molecule has 1 aromatic heterocycles. The first-order valence-corrected chi connectivity index (χ1v) is 8.29. The molecule has 1 fully saturated rings. The van der Waals surface area contributed by atoms with E-state index in [2.05, 4.69) is 22.2 Å². The largest absolute Gasteiger partial charge is 0.351 e. The highest BCUT2D eigenvalue weighted by Gasteiger charge is 2.18. The van der Waals surface area contributed by atoms with Crippen molar-refractivity contribution in [1.82, 2.24) is 15.2 Å². The third-order valence-electron chi connectivity index (χ3n) is 4.81. The number of halogens is 1. The number of piperidine rings is 1. The molecule has 124 valence electrons. The van der Waals surface area contributed by atoms with Crippen molar-refractivity contribution in [2.45, 2.75) is 26.2 Å². The molecule has 2 heterocycles. The number of amides is 1. The number of hydrogen-bond acceptors (Lipinski definition) is 2. The van der Waals surface area contributed by atoms with Crippen LogP contribution in [-0.2, 0) is 0 Å². The van der Waals surface area contributed by atoms with Gasteiger partial charge in [0.1, 0.15) is 11.5 Å². The Morgan fingerprint density at radius 3 is 3.09 bits per heavy atom. The van der Waals surface area contributed by atoms with Gasteiger partial charge >= 0.3 is 0 Å². The van der Waals surface area contributed by atoms with Crippen LogP contribution in [0.1, 0.15) is 35.3 Å². The van der Waals surface area contributed by atoms with Crippen LogP contribution in [0.5, 0.6) is 0 Å². The number of fused-ring (bicyclic) bond motifs is 1. The maximum atomic E-state index is 13.3. The number of rotatable bonds is 4. The van der Waals surface area contributed by atoms with E-state index in [9.17, 15) is 9.18 Å². The monoisotopic (exact) mass is 317 g/mol. The first-order chi connectivity index (χ1) is 11.0. The number of aromatic nitrogens is 1. The van der Waals surface area contributed by atoms with E-state index in [0.29, 0.717) is 18.2 Å². The number of nitrogens with zero attached hydrogens (tertiary/aromatic N) is 1. The van der Waals surface area contributed by atoms with Gasteiger partial charge in [0.05, 0.1) is 0 Å². The van der Waals surface area contributed by atoms with E-state index in [1.165, 1.54) is 31.5 Å². The fraction of sp³-hybridized carbons (Fsp3) is 0.500. The summed E-state index contributed by atoms with van der Waals surface area (Å²) in [6, 6.07) is 4.54. The van der Waals surface area contributed by atoms with E-state index in [4.69, 9.17) is 0 Å². The summed E-state index contributed by atoms with van der Waals surface area (Å²) in [5.74, 6) is 0.267. The fourth-order valence-electron chi connectivity index (χ4n) is 3.51. The fourth-order valence-corrected chi connectivity index (χ4v) is 3.51. The molecule has 0 saturated carbocycles. The van der Waals surface area contributed by atoms with Crippen molar-refractivity contribution in [1.29, 1.82) is 0 Å². The van der Waals surface area contributed by atoms with Crippen LogP contribution in [0.15, 0.2) is 18.2 Å². The quantitative estimate of drug-likeness (QED) is 0.910. The van der Waals surface area contributed by atoms with Gasteiger partial charge in [-0.1, -0.05) is 0 Å². The van der Waals surface area contributed by atoms with Gasteiger partial charge in [0.2, 0.25) is 0 Å². The van der Waals surface area contributed by atoms with Crippen molar-refractivity contribution in [3.63, 3.8) is 0 Å². The Hall–Kier alpha value is -1.88. The Labute approximate surface area is 136 Å². The van der Waals surface area contributed by atoms with E-state index >= 15 is 0 Å². The second-order valence-corrected chi connectivity index (χ2v) is 6.63. The van der Waals surface area contributed by atoms with Crippen LogP contribution in [0.2, 0.25) is 0 Å². The molecule has 1 aromatic carbocycles. The molecular weight excluding hydrogens is 293 g/mol. The lowest BCUT2D eigenvalue weighted by molar-refractivity contribution is 0.0943. The van der Waals surface area contributed by atoms with Gasteiger partial charge in [-0.25, -0.2) is 4.39 Å². The molecule has 1 aliphatic rings. The smallest absolute Gasteiger partial charge is 0.268 e. The zero-order chi connectivity index (χ0) is 16.4. The Kier molecular flexibility index (Phi) is 4.66. The van der Waals surface area contributed by atoms with Crippen molar-refractivity contribution < 1.29 is 9.18 Å². The van der Waals surface area contributed by atoms with Crippen LogP contribution in [0, 0.1) is 18.7 Å². The zero-order valence-electron chi connectivity index (χ0n) is 13.8. The standard InChI is InChI=1S/C18H24FN3O/c1-12-15-10-14(19)5-6-16(15)21-17(12)18(23)20-8-7-13-4-3-9-22(2)11-13/h5-6,10,13,21H,3-4,7-9,11H2,1-2H3,(H,20,23)/t13-/m1/s1. The summed E-state index contributed by atoms with van der Waals surface area (Å²) in [5.41, 5.74) is 2.13. The number of aromatic amines is 1. The number of nitrogens with one attached hydrogen (secondary N) is 2. The number of likely N-dealkylation sites (tertiary alicyclic amines) is 1.